The lowest BCUT2D eigenvalue weighted by Crippen LogP contribution is -2.32. The molecule has 1 unspecified atom stereocenters. The maximum absolute atomic E-state index is 12.3. The first-order valence-corrected chi connectivity index (χ1v) is 6.61. The standard InChI is InChI=1S/C16H18N2O3/c1-11-4-3-9-17-14(11)15(20)16(21)18(2)10-12-5-7-13(19)8-6-12/h3-9,15,19-20H,10H2,1-2H3. The fourth-order valence-corrected chi connectivity index (χ4v) is 2.06. The largest absolute Gasteiger partial charge is 0.508 e. The normalized spacial score (nSPS) is 12.0. The number of benzene rings is 1. The maximum atomic E-state index is 12.3. The van der Waals surface area contributed by atoms with Crippen LogP contribution in [0, 0.1) is 6.92 Å². The van der Waals surface area contributed by atoms with E-state index in [-0.39, 0.29) is 5.75 Å². The van der Waals surface area contributed by atoms with Gasteiger partial charge >= 0.3 is 0 Å². The first-order valence-electron chi connectivity index (χ1n) is 6.61. The van der Waals surface area contributed by atoms with Crippen LogP contribution in [0.5, 0.6) is 5.75 Å². The van der Waals surface area contributed by atoms with Gasteiger partial charge in [-0.1, -0.05) is 18.2 Å². The van der Waals surface area contributed by atoms with Gasteiger partial charge in [-0.3, -0.25) is 9.78 Å². The number of hydrogen-bond donors (Lipinski definition) is 2. The Morgan fingerprint density at radius 2 is 1.95 bits per heavy atom. The summed E-state index contributed by atoms with van der Waals surface area (Å²) < 4.78 is 0. The van der Waals surface area contributed by atoms with Gasteiger partial charge in [-0.25, -0.2) is 0 Å². The number of nitrogens with zero attached hydrogens (tertiary/aromatic N) is 2. The molecule has 1 amide bonds. The van der Waals surface area contributed by atoms with E-state index in [0.29, 0.717) is 12.2 Å². The van der Waals surface area contributed by atoms with E-state index in [4.69, 9.17) is 0 Å². The van der Waals surface area contributed by atoms with Crippen LogP contribution in [0.15, 0.2) is 42.6 Å². The Morgan fingerprint density at radius 3 is 2.57 bits per heavy atom. The molecule has 0 fully saturated rings. The van der Waals surface area contributed by atoms with Crippen molar-refractivity contribution in [1.29, 1.82) is 0 Å². The molecule has 0 aliphatic heterocycles. The number of phenols is 1. The van der Waals surface area contributed by atoms with Crippen molar-refractivity contribution in [2.24, 2.45) is 0 Å². The van der Waals surface area contributed by atoms with Crippen LogP contribution in [0.25, 0.3) is 0 Å². The third kappa shape index (κ3) is 3.58. The lowest BCUT2D eigenvalue weighted by molar-refractivity contribution is -0.139. The van der Waals surface area contributed by atoms with Crippen molar-refractivity contribution in [3.8, 4) is 5.75 Å². The van der Waals surface area contributed by atoms with Gasteiger partial charge < -0.3 is 15.1 Å². The summed E-state index contributed by atoms with van der Waals surface area (Å²) in [6.07, 6.45) is 0.284. The highest BCUT2D eigenvalue weighted by Gasteiger charge is 2.23. The first-order chi connectivity index (χ1) is 9.99. The number of carbonyl (C=O) groups excluding carboxylic acids is 1. The van der Waals surface area contributed by atoms with E-state index in [0.717, 1.165) is 11.1 Å². The van der Waals surface area contributed by atoms with Crippen LogP contribution in [-0.2, 0) is 11.3 Å². The average molecular weight is 286 g/mol. The third-order valence-electron chi connectivity index (χ3n) is 3.28. The van der Waals surface area contributed by atoms with Gasteiger partial charge in [-0.2, -0.15) is 0 Å². The van der Waals surface area contributed by atoms with Crippen molar-refractivity contribution in [3.05, 3.63) is 59.4 Å². The molecule has 0 saturated heterocycles. The van der Waals surface area contributed by atoms with Crippen LogP contribution in [-0.4, -0.2) is 33.1 Å². The molecule has 110 valence electrons. The van der Waals surface area contributed by atoms with Gasteiger partial charge in [0.05, 0.1) is 5.69 Å². The van der Waals surface area contributed by atoms with Gasteiger partial charge in [0.2, 0.25) is 0 Å². The Kier molecular flexibility index (Phi) is 4.55. The van der Waals surface area contributed by atoms with Gasteiger partial charge in [0.15, 0.2) is 6.10 Å². The Bertz CT molecular complexity index is 626. The van der Waals surface area contributed by atoms with Gasteiger partial charge in [0, 0.05) is 19.8 Å². The van der Waals surface area contributed by atoms with Crippen LogP contribution in [0.2, 0.25) is 0 Å². The SMILES string of the molecule is Cc1cccnc1C(O)C(=O)N(C)Cc1ccc(O)cc1. The zero-order chi connectivity index (χ0) is 15.4. The second-order valence-corrected chi connectivity index (χ2v) is 4.97. The van der Waals surface area contributed by atoms with Crippen molar-refractivity contribution in [2.75, 3.05) is 7.05 Å². The molecule has 1 aromatic heterocycles. The topological polar surface area (TPSA) is 73.7 Å². The summed E-state index contributed by atoms with van der Waals surface area (Å²) in [4.78, 5) is 17.8. The van der Waals surface area contributed by atoms with Gasteiger partial charge in [0.1, 0.15) is 5.75 Å². The number of amides is 1. The molecule has 21 heavy (non-hydrogen) atoms. The van der Waals surface area contributed by atoms with Crippen molar-refractivity contribution in [3.63, 3.8) is 0 Å². The van der Waals surface area contributed by atoms with Crippen LogP contribution >= 0.6 is 0 Å². The minimum atomic E-state index is -1.27. The number of aromatic nitrogens is 1. The van der Waals surface area contributed by atoms with E-state index in [1.54, 1.807) is 56.6 Å². The Labute approximate surface area is 123 Å². The number of aliphatic hydroxyl groups is 1. The van der Waals surface area contributed by atoms with Crippen molar-refractivity contribution in [1.82, 2.24) is 9.88 Å². The smallest absolute Gasteiger partial charge is 0.257 e. The van der Waals surface area contributed by atoms with E-state index < -0.39 is 12.0 Å². The number of rotatable bonds is 4. The summed E-state index contributed by atoms with van der Waals surface area (Å²) in [5.41, 5.74) is 2.02. The Morgan fingerprint density at radius 1 is 1.29 bits per heavy atom. The van der Waals surface area contributed by atoms with Gasteiger partial charge in [-0.15, -0.1) is 0 Å². The molecule has 5 heteroatoms. The molecule has 2 aromatic rings. The molecular weight excluding hydrogens is 268 g/mol. The highest BCUT2D eigenvalue weighted by Crippen LogP contribution is 2.18. The molecule has 1 aromatic carbocycles. The van der Waals surface area contributed by atoms with Gasteiger partial charge in [-0.05, 0) is 36.2 Å². The minimum absolute atomic E-state index is 0.178. The predicted molar refractivity (Wildman–Crippen MR) is 78.5 cm³/mol. The van der Waals surface area contributed by atoms with E-state index in [2.05, 4.69) is 4.98 Å². The number of hydrogen-bond acceptors (Lipinski definition) is 4. The van der Waals surface area contributed by atoms with Crippen LogP contribution < -0.4 is 0 Å². The highest BCUT2D eigenvalue weighted by atomic mass is 16.3. The summed E-state index contributed by atoms with van der Waals surface area (Å²) >= 11 is 0. The molecule has 1 heterocycles. The molecule has 0 aliphatic carbocycles. The van der Waals surface area contributed by atoms with Crippen LogP contribution in [0.3, 0.4) is 0 Å². The third-order valence-corrected chi connectivity index (χ3v) is 3.28. The van der Waals surface area contributed by atoms with Crippen molar-refractivity contribution >= 4 is 5.91 Å². The highest BCUT2D eigenvalue weighted by molar-refractivity contribution is 5.81. The summed E-state index contributed by atoms with van der Waals surface area (Å²) in [7, 11) is 1.62. The fraction of sp³-hybridized carbons (Fsp3) is 0.250. The van der Waals surface area contributed by atoms with Crippen LogP contribution in [0.4, 0.5) is 0 Å². The van der Waals surface area contributed by atoms with Crippen LogP contribution in [0.1, 0.15) is 22.9 Å². The average Bonchev–Trinajstić information content (AvgIpc) is 2.48. The number of likely N-dealkylation sites (N-methyl/N-ethyl adjacent to an activating group) is 1. The van der Waals surface area contributed by atoms with Gasteiger partial charge in [0.25, 0.3) is 5.91 Å². The quantitative estimate of drug-likeness (QED) is 0.898. The monoisotopic (exact) mass is 286 g/mol. The molecule has 0 radical (unpaired) electrons. The van der Waals surface area contributed by atoms with Crippen molar-refractivity contribution in [2.45, 2.75) is 19.6 Å². The number of aromatic hydroxyl groups is 1. The fourth-order valence-electron chi connectivity index (χ4n) is 2.06. The molecule has 0 aliphatic rings. The second-order valence-electron chi connectivity index (χ2n) is 4.97. The maximum Gasteiger partial charge on any atom is 0.257 e. The lowest BCUT2D eigenvalue weighted by Gasteiger charge is -2.21. The Balaban J connectivity index is 2.08. The van der Waals surface area contributed by atoms with E-state index >= 15 is 0 Å². The van der Waals surface area contributed by atoms with E-state index in [1.807, 2.05) is 0 Å². The zero-order valence-corrected chi connectivity index (χ0v) is 12.0. The number of pyridine rings is 1. The van der Waals surface area contributed by atoms with E-state index in [9.17, 15) is 15.0 Å². The zero-order valence-electron chi connectivity index (χ0n) is 12.0. The molecule has 2 N–H and O–H groups in total. The first kappa shape index (κ1) is 15.0. The minimum Gasteiger partial charge on any atom is -0.508 e. The molecule has 0 spiro atoms. The number of aliphatic hydroxyl groups excluding tert-OH is 1. The molecule has 0 saturated carbocycles. The molecule has 0 bridgehead atoms. The molecule has 1 atom stereocenters. The molecular formula is C16H18N2O3. The number of carbonyl (C=O) groups is 1. The number of phenolic OH excluding ortho intramolecular Hbond substituents is 1. The molecule has 5 nitrogen and oxygen atoms in total. The Hall–Kier alpha value is -2.40. The summed E-state index contributed by atoms with van der Waals surface area (Å²) in [5.74, 6) is -0.234. The second kappa shape index (κ2) is 6.37. The number of aryl methyl sites for hydroxylation is 1. The lowest BCUT2D eigenvalue weighted by atomic mass is 10.1. The summed E-state index contributed by atoms with van der Waals surface area (Å²) in [6.45, 7) is 2.15. The van der Waals surface area contributed by atoms with Crippen molar-refractivity contribution < 1.29 is 15.0 Å². The summed E-state index contributed by atoms with van der Waals surface area (Å²) in [5, 5.41) is 19.4. The van der Waals surface area contributed by atoms with E-state index in [1.165, 1.54) is 4.90 Å². The molecule has 2 rings (SSSR count). The summed E-state index contributed by atoms with van der Waals surface area (Å²) in [6, 6.07) is 10.2. The predicted octanol–water partition coefficient (Wildman–Crippen LogP) is 1.79.